The second-order valence-electron chi connectivity index (χ2n) is 6.81. The number of carbonyl (C=O) groups is 1. The summed E-state index contributed by atoms with van der Waals surface area (Å²) >= 11 is 0. The van der Waals surface area contributed by atoms with Gasteiger partial charge >= 0.3 is 0 Å². The lowest BCUT2D eigenvalue weighted by Gasteiger charge is -2.33. The molecule has 0 aromatic heterocycles. The molecule has 0 aliphatic carbocycles. The van der Waals surface area contributed by atoms with Crippen LogP contribution in [0.5, 0.6) is 0 Å². The van der Waals surface area contributed by atoms with E-state index >= 15 is 0 Å². The van der Waals surface area contributed by atoms with Crippen LogP contribution in [0.25, 0.3) is 0 Å². The zero-order chi connectivity index (χ0) is 19.4. The van der Waals surface area contributed by atoms with Gasteiger partial charge in [-0.2, -0.15) is 0 Å². The lowest BCUT2D eigenvalue weighted by Crippen LogP contribution is -2.50. The fraction of sp³-hybridized carbons (Fsp3) is 0.350. The van der Waals surface area contributed by atoms with E-state index in [0.29, 0.717) is 6.54 Å². The summed E-state index contributed by atoms with van der Waals surface area (Å²) in [4.78, 5) is 13.8. The van der Waals surface area contributed by atoms with Gasteiger partial charge in [0.1, 0.15) is 6.61 Å². The molecule has 1 unspecified atom stereocenters. The Balaban J connectivity index is 1.61. The number of hydrogen-bond donors (Lipinski definition) is 1. The minimum Gasteiger partial charge on any atom is -0.365 e. The van der Waals surface area contributed by atoms with E-state index in [1.165, 1.54) is 0 Å². The van der Waals surface area contributed by atoms with Crippen molar-refractivity contribution < 1.29 is 17.9 Å². The number of aryl methyl sites for hydroxylation is 2. The summed E-state index contributed by atoms with van der Waals surface area (Å²) in [6.07, 6.45) is -0.393. The van der Waals surface area contributed by atoms with Gasteiger partial charge in [0.15, 0.2) is 0 Å². The zero-order valence-electron chi connectivity index (χ0n) is 15.5. The number of benzene rings is 2. The van der Waals surface area contributed by atoms with Gasteiger partial charge in [0.25, 0.3) is 5.91 Å². The Morgan fingerprint density at radius 3 is 2.52 bits per heavy atom. The molecule has 27 heavy (non-hydrogen) atoms. The van der Waals surface area contributed by atoms with Gasteiger partial charge in [-0.3, -0.25) is 4.79 Å². The molecule has 1 fully saturated rings. The highest BCUT2D eigenvalue weighted by Crippen LogP contribution is 2.19. The quantitative estimate of drug-likeness (QED) is 0.823. The summed E-state index contributed by atoms with van der Waals surface area (Å²) < 4.78 is 32.9. The number of carbonyl (C=O) groups excluding carboxylic acids is 1. The molecule has 6 nitrogen and oxygen atoms in total. The van der Waals surface area contributed by atoms with Crippen molar-refractivity contribution in [3.63, 3.8) is 0 Å². The van der Waals surface area contributed by atoms with Gasteiger partial charge in [-0.1, -0.05) is 42.0 Å². The fourth-order valence-electron chi connectivity index (χ4n) is 2.97. The number of nitrogens with zero attached hydrogens (tertiary/aromatic N) is 1. The largest absolute Gasteiger partial charge is 0.365 e. The Morgan fingerprint density at radius 2 is 1.81 bits per heavy atom. The van der Waals surface area contributed by atoms with Gasteiger partial charge in [0, 0.05) is 12.2 Å². The molecule has 0 radical (unpaired) electrons. The highest BCUT2D eigenvalue weighted by atomic mass is 32.2. The topological polar surface area (TPSA) is 75.7 Å². The Hall–Kier alpha value is -2.22. The number of rotatable bonds is 6. The lowest BCUT2D eigenvalue weighted by atomic mass is 10.1. The molecule has 7 heteroatoms. The maximum absolute atomic E-state index is 12.4. The molecule has 1 heterocycles. The number of anilines is 1. The molecule has 0 spiro atoms. The summed E-state index contributed by atoms with van der Waals surface area (Å²) in [6.45, 7) is 4.26. The van der Waals surface area contributed by atoms with Gasteiger partial charge in [-0.15, -0.1) is 0 Å². The van der Waals surface area contributed by atoms with Crippen LogP contribution < -0.4 is 9.62 Å². The van der Waals surface area contributed by atoms with Crippen LogP contribution in [0.4, 0.5) is 5.69 Å². The molecular formula is C20H24N2O4S. The molecule has 0 saturated carbocycles. The number of hydrogen-bond acceptors (Lipinski definition) is 4. The Bertz CT molecular complexity index is 910. The van der Waals surface area contributed by atoms with E-state index in [0.717, 1.165) is 22.4 Å². The van der Waals surface area contributed by atoms with E-state index in [-0.39, 0.29) is 24.8 Å². The smallest absolute Gasteiger partial charge is 0.253 e. The lowest BCUT2D eigenvalue weighted by molar-refractivity contribution is -0.129. The van der Waals surface area contributed by atoms with Crippen molar-refractivity contribution in [2.45, 2.75) is 25.7 Å². The Kier molecular flexibility index (Phi) is 5.94. The molecule has 1 atom stereocenters. The third-order valence-electron chi connectivity index (χ3n) is 4.61. The average Bonchev–Trinajstić information content (AvgIpc) is 2.64. The summed E-state index contributed by atoms with van der Waals surface area (Å²) in [7, 11) is -3.49. The molecule has 0 bridgehead atoms. The number of ether oxygens (including phenoxy) is 1. The van der Waals surface area contributed by atoms with Crippen molar-refractivity contribution in [3.8, 4) is 0 Å². The number of nitrogens with one attached hydrogen (secondary N) is 1. The molecule has 3 rings (SSSR count). The van der Waals surface area contributed by atoms with Crippen LogP contribution in [0, 0.1) is 13.8 Å². The van der Waals surface area contributed by atoms with Crippen molar-refractivity contribution in [2.24, 2.45) is 0 Å². The predicted molar refractivity (Wildman–Crippen MR) is 105 cm³/mol. The van der Waals surface area contributed by atoms with Crippen molar-refractivity contribution in [2.75, 3.05) is 24.6 Å². The first-order chi connectivity index (χ1) is 12.8. The number of amides is 1. The van der Waals surface area contributed by atoms with Crippen molar-refractivity contribution in [3.05, 3.63) is 65.2 Å². The van der Waals surface area contributed by atoms with E-state index in [4.69, 9.17) is 4.74 Å². The predicted octanol–water partition coefficient (Wildman–Crippen LogP) is 2.15. The van der Waals surface area contributed by atoms with Gasteiger partial charge in [0.2, 0.25) is 10.0 Å². The van der Waals surface area contributed by atoms with Crippen LogP contribution >= 0.6 is 0 Å². The standard InChI is InChI=1S/C20H24N2O4S/c1-15-7-9-18(10-8-15)22-12-19(26-13-20(22)23)11-21-27(24,25)14-17-6-4-3-5-16(17)2/h3-10,19,21H,11-14H2,1-2H3. The molecule has 2 aromatic rings. The minimum absolute atomic E-state index is 0.0575. The Labute approximate surface area is 160 Å². The first-order valence-corrected chi connectivity index (χ1v) is 10.5. The van der Waals surface area contributed by atoms with Crippen LogP contribution in [-0.4, -0.2) is 40.1 Å². The van der Waals surface area contributed by atoms with E-state index in [1.54, 1.807) is 4.90 Å². The fourth-order valence-corrected chi connectivity index (χ4v) is 4.25. The normalized spacial score (nSPS) is 17.9. The summed E-state index contributed by atoms with van der Waals surface area (Å²) in [5, 5.41) is 0. The molecule has 1 amide bonds. The van der Waals surface area contributed by atoms with Crippen LogP contribution in [-0.2, 0) is 25.3 Å². The molecule has 144 valence electrons. The highest BCUT2D eigenvalue weighted by molar-refractivity contribution is 7.88. The second kappa shape index (κ2) is 8.21. The first-order valence-electron chi connectivity index (χ1n) is 8.84. The van der Waals surface area contributed by atoms with Gasteiger partial charge in [-0.25, -0.2) is 13.1 Å². The SMILES string of the molecule is Cc1ccc(N2CC(CNS(=O)(=O)Cc3ccccc3C)OCC2=O)cc1. The van der Waals surface area contributed by atoms with E-state index in [1.807, 2.05) is 62.4 Å². The summed E-state index contributed by atoms with van der Waals surface area (Å²) in [5.74, 6) is -0.203. The molecule has 1 aliphatic heterocycles. The maximum Gasteiger partial charge on any atom is 0.253 e. The van der Waals surface area contributed by atoms with Crippen LogP contribution in [0.1, 0.15) is 16.7 Å². The third-order valence-corrected chi connectivity index (χ3v) is 5.91. The molecule has 1 N–H and O–H groups in total. The third kappa shape index (κ3) is 5.15. The van der Waals surface area contributed by atoms with Crippen LogP contribution in [0.15, 0.2) is 48.5 Å². The van der Waals surface area contributed by atoms with E-state index in [9.17, 15) is 13.2 Å². The van der Waals surface area contributed by atoms with Crippen molar-refractivity contribution in [1.29, 1.82) is 0 Å². The first kappa shape index (κ1) is 19.5. The molecule has 2 aromatic carbocycles. The van der Waals surface area contributed by atoms with Crippen LogP contribution in [0.2, 0.25) is 0 Å². The minimum atomic E-state index is -3.49. The monoisotopic (exact) mass is 388 g/mol. The van der Waals surface area contributed by atoms with E-state index < -0.39 is 16.1 Å². The zero-order valence-corrected chi connectivity index (χ0v) is 16.3. The maximum atomic E-state index is 12.4. The molecule has 1 saturated heterocycles. The molecular weight excluding hydrogens is 364 g/mol. The number of morpholine rings is 1. The Morgan fingerprint density at radius 1 is 1.11 bits per heavy atom. The summed E-state index contributed by atoms with van der Waals surface area (Å²) in [6, 6.07) is 15.1. The highest BCUT2D eigenvalue weighted by Gasteiger charge is 2.28. The number of sulfonamides is 1. The second-order valence-corrected chi connectivity index (χ2v) is 8.61. The van der Waals surface area contributed by atoms with Gasteiger partial charge < -0.3 is 9.64 Å². The average molecular weight is 388 g/mol. The van der Waals surface area contributed by atoms with Crippen molar-refractivity contribution in [1.82, 2.24) is 4.72 Å². The van der Waals surface area contributed by atoms with Gasteiger partial charge in [-0.05, 0) is 37.1 Å². The van der Waals surface area contributed by atoms with Crippen molar-refractivity contribution >= 4 is 21.6 Å². The molecule has 1 aliphatic rings. The van der Waals surface area contributed by atoms with Gasteiger partial charge in [0.05, 0.1) is 18.4 Å². The van der Waals surface area contributed by atoms with Crippen LogP contribution in [0.3, 0.4) is 0 Å². The van der Waals surface area contributed by atoms with E-state index in [2.05, 4.69) is 4.72 Å². The summed E-state index contributed by atoms with van der Waals surface area (Å²) in [5.41, 5.74) is 3.61.